The molecule has 5 heteroatoms. The molecule has 1 heterocycles. The van der Waals surface area contributed by atoms with Gasteiger partial charge < -0.3 is 15.2 Å². The Labute approximate surface area is 124 Å². The molecule has 2 aromatic rings. The van der Waals surface area contributed by atoms with E-state index >= 15 is 0 Å². The summed E-state index contributed by atoms with van der Waals surface area (Å²) in [5.41, 5.74) is 2.04. The molecule has 20 heavy (non-hydrogen) atoms. The van der Waals surface area contributed by atoms with Crippen LogP contribution >= 0.6 is 12.2 Å². The Kier molecular flexibility index (Phi) is 4.09. The predicted octanol–water partition coefficient (Wildman–Crippen LogP) is 4.09. The van der Waals surface area contributed by atoms with E-state index in [4.69, 9.17) is 16.7 Å². The van der Waals surface area contributed by atoms with Crippen LogP contribution in [0.2, 0.25) is 0 Å². The SMILES string of the molecule is Cc1ccccc1NC(=S)Nc1cc(C(C)(C)C)on1. The van der Waals surface area contributed by atoms with Gasteiger partial charge in [-0.25, -0.2) is 0 Å². The number of benzene rings is 1. The highest BCUT2D eigenvalue weighted by molar-refractivity contribution is 7.80. The van der Waals surface area contributed by atoms with Gasteiger partial charge in [0.25, 0.3) is 0 Å². The van der Waals surface area contributed by atoms with Crippen LogP contribution in [0.25, 0.3) is 0 Å². The Morgan fingerprint density at radius 3 is 2.50 bits per heavy atom. The summed E-state index contributed by atoms with van der Waals surface area (Å²) in [6.45, 7) is 8.24. The first kappa shape index (κ1) is 14.5. The second-order valence-corrected chi connectivity index (χ2v) is 6.13. The molecule has 0 aliphatic carbocycles. The van der Waals surface area contributed by atoms with Crippen molar-refractivity contribution in [1.29, 1.82) is 0 Å². The first-order valence-electron chi connectivity index (χ1n) is 6.47. The van der Waals surface area contributed by atoms with Gasteiger partial charge in [-0.1, -0.05) is 44.1 Å². The molecule has 2 N–H and O–H groups in total. The summed E-state index contributed by atoms with van der Waals surface area (Å²) < 4.78 is 5.30. The maximum atomic E-state index is 5.30. The lowest BCUT2D eigenvalue weighted by Gasteiger charge is -2.12. The molecule has 0 unspecified atom stereocenters. The topological polar surface area (TPSA) is 50.1 Å². The van der Waals surface area contributed by atoms with Gasteiger partial charge in [0.05, 0.1) is 0 Å². The van der Waals surface area contributed by atoms with Crippen molar-refractivity contribution in [2.45, 2.75) is 33.1 Å². The Bertz CT molecular complexity index is 614. The molecule has 0 fully saturated rings. The minimum absolute atomic E-state index is 0.0714. The summed E-state index contributed by atoms with van der Waals surface area (Å²) in [6, 6.07) is 9.83. The molecule has 0 bridgehead atoms. The highest BCUT2D eigenvalue weighted by Gasteiger charge is 2.19. The van der Waals surface area contributed by atoms with E-state index in [-0.39, 0.29) is 5.41 Å². The number of para-hydroxylation sites is 1. The van der Waals surface area contributed by atoms with Gasteiger partial charge in [0.1, 0.15) is 5.76 Å². The minimum Gasteiger partial charge on any atom is -0.359 e. The molecule has 0 radical (unpaired) electrons. The van der Waals surface area contributed by atoms with Crippen molar-refractivity contribution in [3.05, 3.63) is 41.7 Å². The fourth-order valence-electron chi connectivity index (χ4n) is 1.67. The molecule has 0 amide bonds. The lowest BCUT2D eigenvalue weighted by atomic mass is 9.93. The monoisotopic (exact) mass is 289 g/mol. The van der Waals surface area contributed by atoms with Gasteiger partial charge in [0, 0.05) is 17.2 Å². The third kappa shape index (κ3) is 3.57. The van der Waals surface area contributed by atoms with E-state index in [1.165, 1.54) is 0 Å². The van der Waals surface area contributed by atoms with E-state index in [0.717, 1.165) is 17.0 Å². The molecule has 2 rings (SSSR count). The molecule has 0 saturated carbocycles. The van der Waals surface area contributed by atoms with Crippen molar-refractivity contribution in [2.75, 3.05) is 10.6 Å². The Hall–Kier alpha value is -1.88. The quantitative estimate of drug-likeness (QED) is 0.816. The van der Waals surface area contributed by atoms with Crippen LogP contribution in [0.3, 0.4) is 0 Å². The normalized spacial score (nSPS) is 11.2. The van der Waals surface area contributed by atoms with E-state index in [1.54, 1.807) is 0 Å². The molecular formula is C15H19N3OS. The van der Waals surface area contributed by atoms with Gasteiger partial charge in [0.2, 0.25) is 0 Å². The highest BCUT2D eigenvalue weighted by Crippen LogP contribution is 2.24. The summed E-state index contributed by atoms with van der Waals surface area (Å²) in [5.74, 6) is 1.43. The number of aromatic nitrogens is 1. The van der Waals surface area contributed by atoms with Crippen molar-refractivity contribution in [3.8, 4) is 0 Å². The van der Waals surface area contributed by atoms with E-state index in [0.29, 0.717) is 10.9 Å². The summed E-state index contributed by atoms with van der Waals surface area (Å²) in [5, 5.41) is 10.6. The van der Waals surface area contributed by atoms with E-state index in [2.05, 4.69) is 36.6 Å². The van der Waals surface area contributed by atoms with Crippen molar-refractivity contribution in [2.24, 2.45) is 0 Å². The summed E-state index contributed by atoms with van der Waals surface area (Å²) in [4.78, 5) is 0. The molecule has 0 aliphatic rings. The van der Waals surface area contributed by atoms with Gasteiger partial charge in [-0.05, 0) is 30.8 Å². The first-order valence-corrected chi connectivity index (χ1v) is 6.88. The molecule has 0 aliphatic heterocycles. The summed E-state index contributed by atoms with van der Waals surface area (Å²) >= 11 is 5.28. The number of thiocarbonyl (C=S) groups is 1. The number of nitrogens with zero attached hydrogens (tertiary/aromatic N) is 1. The van der Waals surface area contributed by atoms with Crippen LogP contribution in [-0.2, 0) is 5.41 Å². The van der Waals surface area contributed by atoms with Crippen LogP contribution in [0, 0.1) is 6.92 Å². The number of rotatable bonds is 2. The number of hydrogen-bond donors (Lipinski definition) is 2. The smallest absolute Gasteiger partial charge is 0.176 e. The molecule has 0 spiro atoms. The zero-order chi connectivity index (χ0) is 14.8. The molecule has 4 nitrogen and oxygen atoms in total. The van der Waals surface area contributed by atoms with E-state index in [9.17, 15) is 0 Å². The van der Waals surface area contributed by atoms with Gasteiger partial charge in [0.15, 0.2) is 10.9 Å². The Morgan fingerprint density at radius 1 is 1.20 bits per heavy atom. The standard InChI is InChI=1S/C15H19N3OS/c1-10-7-5-6-8-11(10)16-14(20)17-13-9-12(19-18-13)15(2,3)4/h5-9H,1-4H3,(H2,16,17,18,20). The molecule has 1 aromatic carbocycles. The van der Waals surface area contributed by atoms with Gasteiger partial charge in [-0.15, -0.1) is 0 Å². The fraction of sp³-hybridized carbons (Fsp3) is 0.333. The second kappa shape index (κ2) is 5.63. The average Bonchev–Trinajstić information content (AvgIpc) is 2.80. The third-order valence-electron chi connectivity index (χ3n) is 2.88. The van der Waals surface area contributed by atoms with Crippen LogP contribution < -0.4 is 10.6 Å². The summed E-state index contributed by atoms with van der Waals surface area (Å²) in [7, 11) is 0. The van der Waals surface area contributed by atoms with Crippen molar-refractivity contribution in [1.82, 2.24) is 5.16 Å². The number of nitrogens with one attached hydrogen (secondary N) is 2. The van der Waals surface area contributed by atoms with E-state index < -0.39 is 0 Å². The number of anilines is 2. The third-order valence-corrected chi connectivity index (χ3v) is 3.09. The zero-order valence-corrected chi connectivity index (χ0v) is 13.0. The van der Waals surface area contributed by atoms with Crippen molar-refractivity contribution < 1.29 is 4.52 Å². The largest absolute Gasteiger partial charge is 0.359 e. The van der Waals surface area contributed by atoms with Crippen LogP contribution in [-0.4, -0.2) is 10.3 Å². The predicted molar refractivity (Wildman–Crippen MR) is 86.2 cm³/mol. The van der Waals surface area contributed by atoms with Crippen molar-refractivity contribution in [3.63, 3.8) is 0 Å². The average molecular weight is 289 g/mol. The minimum atomic E-state index is -0.0714. The highest BCUT2D eigenvalue weighted by atomic mass is 32.1. The van der Waals surface area contributed by atoms with Crippen LogP contribution in [0.1, 0.15) is 32.1 Å². The first-order chi connectivity index (χ1) is 9.36. The van der Waals surface area contributed by atoms with Crippen molar-refractivity contribution >= 4 is 28.8 Å². The summed E-state index contributed by atoms with van der Waals surface area (Å²) in [6.07, 6.45) is 0. The van der Waals surface area contributed by atoms with Crippen LogP contribution in [0.4, 0.5) is 11.5 Å². The van der Waals surface area contributed by atoms with Crippen LogP contribution in [0.15, 0.2) is 34.9 Å². The van der Waals surface area contributed by atoms with Gasteiger partial charge in [-0.3, -0.25) is 0 Å². The lowest BCUT2D eigenvalue weighted by molar-refractivity contribution is 0.331. The number of aryl methyl sites for hydroxylation is 1. The lowest BCUT2D eigenvalue weighted by Crippen LogP contribution is -2.19. The maximum Gasteiger partial charge on any atom is 0.176 e. The zero-order valence-electron chi connectivity index (χ0n) is 12.2. The van der Waals surface area contributed by atoms with Crippen LogP contribution in [0.5, 0.6) is 0 Å². The molecular weight excluding hydrogens is 270 g/mol. The molecule has 0 saturated heterocycles. The fourth-order valence-corrected chi connectivity index (χ4v) is 1.89. The van der Waals surface area contributed by atoms with E-state index in [1.807, 2.05) is 37.3 Å². The Balaban J connectivity index is 2.02. The van der Waals surface area contributed by atoms with Gasteiger partial charge in [-0.2, -0.15) is 0 Å². The molecule has 0 atom stereocenters. The molecule has 106 valence electrons. The van der Waals surface area contributed by atoms with Gasteiger partial charge >= 0.3 is 0 Å². The Morgan fingerprint density at radius 2 is 1.90 bits per heavy atom. The molecule has 1 aromatic heterocycles. The maximum absolute atomic E-state index is 5.30. The number of hydrogen-bond acceptors (Lipinski definition) is 3. The second-order valence-electron chi connectivity index (χ2n) is 5.72.